The Bertz CT molecular complexity index is 812. The van der Waals surface area contributed by atoms with Gasteiger partial charge in [0.2, 0.25) is 11.8 Å². The summed E-state index contributed by atoms with van der Waals surface area (Å²) in [5.41, 5.74) is 1.64. The fraction of sp³-hybridized carbons (Fsp3) is 0.133. The lowest BCUT2D eigenvalue weighted by Crippen LogP contribution is -1.97. The van der Waals surface area contributed by atoms with Crippen molar-refractivity contribution in [3.63, 3.8) is 0 Å². The maximum Gasteiger partial charge on any atom is 0.269 e. The second-order valence-corrected chi connectivity index (χ2v) is 4.77. The monoisotopic (exact) mass is 312 g/mol. The molecular formula is C15H12N4O4. The Morgan fingerprint density at radius 3 is 2.61 bits per heavy atom. The molecule has 116 valence electrons. The fourth-order valence-electron chi connectivity index (χ4n) is 1.83. The summed E-state index contributed by atoms with van der Waals surface area (Å²) in [6.07, 6.45) is 1.70. The van der Waals surface area contributed by atoms with Crippen molar-refractivity contribution in [1.82, 2.24) is 15.2 Å². The molecule has 3 aromatic rings. The first-order valence-corrected chi connectivity index (χ1v) is 6.74. The van der Waals surface area contributed by atoms with Crippen LogP contribution in [0.2, 0.25) is 0 Å². The summed E-state index contributed by atoms with van der Waals surface area (Å²) < 4.78 is 10.9. The Hall–Kier alpha value is -3.29. The number of hydrogen-bond donors (Lipinski definition) is 0. The van der Waals surface area contributed by atoms with Gasteiger partial charge in [0.05, 0.1) is 4.92 Å². The van der Waals surface area contributed by atoms with Crippen LogP contribution in [-0.2, 0) is 6.61 Å². The molecule has 0 radical (unpaired) electrons. The lowest BCUT2D eigenvalue weighted by atomic mass is 10.2. The average molecular weight is 312 g/mol. The summed E-state index contributed by atoms with van der Waals surface area (Å²) in [6, 6.07) is 9.51. The Balaban J connectivity index is 1.67. The SMILES string of the molecule is Cc1ccc(OCc2nnc(-c3ccc([N+](=O)[O-])cc3)o2)nc1. The molecule has 0 aliphatic rings. The minimum absolute atomic E-state index is 0.00210. The van der Waals surface area contributed by atoms with Gasteiger partial charge in [-0.1, -0.05) is 6.07 Å². The standard InChI is InChI=1S/C15H12N4O4/c1-10-2-7-13(16-8-10)22-9-14-17-18-15(23-14)11-3-5-12(6-4-11)19(20)21/h2-8H,9H2,1H3. The van der Waals surface area contributed by atoms with Gasteiger partial charge in [0, 0.05) is 30.0 Å². The second-order valence-electron chi connectivity index (χ2n) is 4.77. The summed E-state index contributed by atoms with van der Waals surface area (Å²) >= 11 is 0. The first-order chi connectivity index (χ1) is 11.1. The lowest BCUT2D eigenvalue weighted by molar-refractivity contribution is -0.384. The van der Waals surface area contributed by atoms with Crippen molar-refractivity contribution in [1.29, 1.82) is 0 Å². The van der Waals surface area contributed by atoms with Crippen molar-refractivity contribution in [3.05, 3.63) is 64.2 Å². The summed E-state index contributed by atoms with van der Waals surface area (Å²) in [5, 5.41) is 18.4. The van der Waals surface area contributed by atoms with E-state index in [9.17, 15) is 10.1 Å². The molecule has 0 amide bonds. The zero-order valence-electron chi connectivity index (χ0n) is 12.2. The van der Waals surface area contributed by atoms with Gasteiger partial charge in [0.25, 0.3) is 11.6 Å². The highest BCUT2D eigenvalue weighted by molar-refractivity contribution is 5.55. The van der Waals surface area contributed by atoms with Crippen LogP contribution in [0.4, 0.5) is 5.69 Å². The van der Waals surface area contributed by atoms with E-state index in [2.05, 4.69) is 15.2 Å². The fourth-order valence-corrected chi connectivity index (χ4v) is 1.83. The number of aromatic nitrogens is 3. The van der Waals surface area contributed by atoms with E-state index in [0.717, 1.165) is 5.56 Å². The van der Waals surface area contributed by atoms with Crippen molar-refractivity contribution in [2.24, 2.45) is 0 Å². The number of benzene rings is 1. The largest absolute Gasteiger partial charge is 0.468 e. The molecule has 0 saturated heterocycles. The number of nitro groups is 1. The molecule has 0 aliphatic heterocycles. The van der Waals surface area contributed by atoms with Crippen LogP contribution < -0.4 is 4.74 Å². The predicted molar refractivity (Wildman–Crippen MR) is 79.7 cm³/mol. The highest BCUT2D eigenvalue weighted by Crippen LogP contribution is 2.21. The topological polar surface area (TPSA) is 104 Å². The van der Waals surface area contributed by atoms with E-state index in [0.29, 0.717) is 17.3 Å². The number of non-ortho nitro benzene ring substituents is 1. The number of ether oxygens (including phenoxy) is 1. The molecule has 0 spiro atoms. The quantitative estimate of drug-likeness (QED) is 0.527. The minimum atomic E-state index is -0.467. The molecule has 23 heavy (non-hydrogen) atoms. The van der Waals surface area contributed by atoms with Gasteiger partial charge in [-0.25, -0.2) is 4.98 Å². The molecule has 8 nitrogen and oxygen atoms in total. The normalized spacial score (nSPS) is 10.5. The molecule has 3 rings (SSSR count). The molecule has 0 fully saturated rings. The Morgan fingerprint density at radius 1 is 1.17 bits per heavy atom. The van der Waals surface area contributed by atoms with Gasteiger partial charge in [-0.2, -0.15) is 0 Å². The third-order valence-corrected chi connectivity index (χ3v) is 3.02. The number of rotatable bonds is 5. The maximum absolute atomic E-state index is 10.6. The highest BCUT2D eigenvalue weighted by Gasteiger charge is 2.11. The smallest absolute Gasteiger partial charge is 0.269 e. The minimum Gasteiger partial charge on any atom is -0.468 e. The van der Waals surface area contributed by atoms with Crippen LogP contribution in [0.3, 0.4) is 0 Å². The maximum atomic E-state index is 10.6. The van der Waals surface area contributed by atoms with E-state index in [1.165, 1.54) is 12.1 Å². The van der Waals surface area contributed by atoms with Gasteiger partial charge in [-0.3, -0.25) is 10.1 Å². The molecule has 0 saturated carbocycles. The van der Waals surface area contributed by atoms with Crippen molar-refractivity contribution in [2.45, 2.75) is 13.5 Å². The molecule has 1 aromatic carbocycles. The molecular weight excluding hydrogens is 300 g/mol. The van der Waals surface area contributed by atoms with Crippen LogP contribution in [0.1, 0.15) is 11.5 Å². The van der Waals surface area contributed by atoms with E-state index in [1.54, 1.807) is 24.4 Å². The third kappa shape index (κ3) is 3.49. The Kier molecular flexibility index (Phi) is 3.96. The zero-order valence-corrected chi connectivity index (χ0v) is 12.2. The first kappa shape index (κ1) is 14.6. The molecule has 2 heterocycles. The summed E-state index contributed by atoms with van der Waals surface area (Å²) in [7, 11) is 0. The van der Waals surface area contributed by atoms with Gasteiger partial charge < -0.3 is 9.15 Å². The molecule has 0 bridgehead atoms. The van der Waals surface area contributed by atoms with Crippen LogP contribution >= 0.6 is 0 Å². The molecule has 0 atom stereocenters. The second kappa shape index (κ2) is 6.22. The zero-order chi connectivity index (χ0) is 16.2. The van der Waals surface area contributed by atoms with Crippen molar-refractivity contribution >= 4 is 5.69 Å². The average Bonchev–Trinajstić information content (AvgIpc) is 3.03. The van der Waals surface area contributed by atoms with Crippen LogP contribution in [0, 0.1) is 17.0 Å². The summed E-state index contributed by atoms with van der Waals surface area (Å²) in [5.74, 6) is 1.03. The van der Waals surface area contributed by atoms with E-state index in [4.69, 9.17) is 9.15 Å². The number of nitro benzene ring substituents is 1. The summed E-state index contributed by atoms with van der Waals surface area (Å²) in [4.78, 5) is 14.3. The molecule has 2 aromatic heterocycles. The van der Waals surface area contributed by atoms with Crippen LogP contribution in [0.25, 0.3) is 11.5 Å². The van der Waals surface area contributed by atoms with E-state index in [1.807, 2.05) is 13.0 Å². The van der Waals surface area contributed by atoms with E-state index >= 15 is 0 Å². The lowest BCUT2D eigenvalue weighted by Gasteiger charge is -2.01. The molecule has 0 unspecified atom stereocenters. The predicted octanol–water partition coefficient (Wildman–Crippen LogP) is 2.93. The van der Waals surface area contributed by atoms with Crippen molar-refractivity contribution < 1.29 is 14.1 Å². The molecule has 8 heteroatoms. The van der Waals surface area contributed by atoms with E-state index < -0.39 is 4.92 Å². The number of pyridine rings is 1. The highest BCUT2D eigenvalue weighted by atomic mass is 16.6. The van der Waals surface area contributed by atoms with Crippen LogP contribution in [-0.4, -0.2) is 20.1 Å². The Labute approximate surface area is 130 Å². The van der Waals surface area contributed by atoms with Crippen molar-refractivity contribution in [3.8, 4) is 17.3 Å². The first-order valence-electron chi connectivity index (χ1n) is 6.74. The van der Waals surface area contributed by atoms with Crippen molar-refractivity contribution in [2.75, 3.05) is 0 Å². The van der Waals surface area contributed by atoms with Gasteiger partial charge in [-0.05, 0) is 24.6 Å². The van der Waals surface area contributed by atoms with Gasteiger partial charge >= 0.3 is 0 Å². The Morgan fingerprint density at radius 2 is 1.96 bits per heavy atom. The van der Waals surface area contributed by atoms with Gasteiger partial charge in [-0.15, -0.1) is 10.2 Å². The number of hydrogen-bond acceptors (Lipinski definition) is 7. The number of aryl methyl sites for hydroxylation is 1. The third-order valence-electron chi connectivity index (χ3n) is 3.02. The van der Waals surface area contributed by atoms with Crippen LogP contribution in [0.5, 0.6) is 5.88 Å². The molecule has 0 aliphatic carbocycles. The van der Waals surface area contributed by atoms with Gasteiger partial charge in [0.15, 0.2) is 6.61 Å². The number of nitrogens with zero attached hydrogens (tertiary/aromatic N) is 4. The van der Waals surface area contributed by atoms with E-state index in [-0.39, 0.29) is 18.2 Å². The van der Waals surface area contributed by atoms with Gasteiger partial charge in [0.1, 0.15) is 0 Å². The summed E-state index contributed by atoms with van der Waals surface area (Å²) in [6.45, 7) is 2.03. The molecule has 0 N–H and O–H groups in total. The van der Waals surface area contributed by atoms with Crippen LogP contribution in [0.15, 0.2) is 47.0 Å².